The molecular weight excluding hydrogens is 558 g/mol. The van der Waals surface area contributed by atoms with Crippen LogP contribution in [-0.4, -0.2) is 0 Å². The van der Waals surface area contributed by atoms with Crippen LogP contribution in [0.1, 0.15) is 0 Å². The van der Waals surface area contributed by atoms with Crippen molar-refractivity contribution in [2.45, 2.75) is 0 Å². The zero-order chi connectivity index (χ0) is 30.5. The predicted molar refractivity (Wildman–Crippen MR) is 194 cm³/mol. The van der Waals surface area contributed by atoms with Crippen LogP contribution in [0.2, 0.25) is 0 Å². The van der Waals surface area contributed by atoms with Crippen molar-refractivity contribution in [2.24, 2.45) is 0 Å². The third-order valence-electron chi connectivity index (χ3n) is 9.03. The van der Waals surface area contributed by atoms with E-state index in [-0.39, 0.29) is 0 Å². The van der Waals surface area contributed by atoms with Crippen molar-refractivity contribution in [3.63, 3.8) is 0 Å². The van der Waals surface area contributed by atoms with Crippen LogP contribution in [0.15, 0.2) is 180 Å². The van der Waals surface area contributed by atoms with Gasteiger partial charge in [0.15, 0.2) is 0 Å². The van der Waals surface area contributed by atoms with Crippen LogP contribution in [0, 0.1) is 0 Å². The maximum absolute atomic E-state index is 6.59. The molecule has 0 bridgehead atoms. The van der Waals surface area contributed by atoms with Crippen molar-refractivity contribution >= 4 is 60.5 Å². The first-order valence-electron chi connectivity index (χ1n) is 15.7. The number of para-hydroxylation sites is 1. The lowest BCUT2D eigenvalue weighted by Gasteiger charge is -2.29. The van der Waals surface area contributed by atoms with Crippen LogP contribution in [0.3, 0.4) is 0 Å². The molecule has 0 unspecified atom stereocenters. The fraction of sp³-hybridized carbons (Fsp3) is 0. The number of benzene rings is 8. The van der Waals surface area contributed by atoms with Gasteiger partial charge < -0.3 is 9.32 Å². The number of rotatable bonds is 5. The SMILES string of the molecule is c1ccc(-c2ccc(N(c3cc4ccccc4c4ccccc34)c3cc(-c4ccccc4)cc4oc5ccccc5c34)cc2)cc1. The molecule has 0 radical (unpaired) electrons. The van der Waals surface area contributed by atoms with Gasteiger partial charge in [0.1, 0.15) is 11.2 Å². The summed E-state index contributed by atoms with van der Waals surface area (Å²) in [6.45, 7) is 0. The van der Waals surface area contributed by atoms with Crippen LogP contribution < -0.4 is 4.90 Å². The molecule has 1 aromatic heterocycles. The number of furan rings is 1. The van der Waals surface area contributed by atoms with Gasteiger partial charge in [-0.25, -0.2) is 0 Å². The van der Waals surface area contributed by atoms with Crippen molar-refractivity contribution in [3.05, 3.63) is 176 Å². The molecule has 0 aliphatic heterocycles. The maximum Gasteiger partial charge on any atom is 0.138 e. The summed E-state index contributed by atoms with van der Waals surface area (Å²) in [4.78, 5) is 2.43. The van der Waals surface area contributed by atoms with Crippen LogP contribution in [-0.2, 0) is 0 Å². The lowest BCUT2D eigenvalue weighted by molar-refractivity contribution is 0.669. The zero-order valence-corrected chi connectivity index (χ0v) is 25.1. The van der Waals surface area contributed by atoms with Crippen molar-refractivity contribution < 1.29 is 4.42 Å². The average molecular weight is 588 g/mol. The number of nitrogens with zero attached hydrogens (tertiary/aromatic N) is 1. The van der Waals surface area contributed by atoms with Crippen molar-refractivity contribution in [3.8, 4) is 22.3 Å². The van der Waals surface area contributed by atoms with Gasteiger partial charge in [-0.1, -0.05) is 140 Å². The van der Waals surface area contributed by atoms with E-state index in [0.29, 0.717) is 0 Å². The Bertz CT molecular complexity index is 2510. The average Bonchev–Trinajstić information content (AvgIpc) is 3.51. The number of hydrogen-bond donors (Lipinski definition) is 0. The largest absolute Gasteiger partial charge is 0.456 e. The summed E-state index contributed by atoms with van der Waals surface area (Å²) in [7, 11) is 0. The van der Waals surface area contributed by atoms with E-state index in [1.54, 1.807) is 0 Å². The summed E-state index contributed by atoms with van der Waals surface area (Å²) in [6.07, 6.45) is 0. The molecular formula is C44H29NO. The molecule has 46 heavy (non-hydrogen) atoms. The summed E-state index contributed by atoms with van der Waals surface area (Å²) in [5.74, 6) is 0. The molecule has 216 valence electrons. The monoisotopic (exact) mass is 587 g/mol. The minimum Gasteiger partial charge on any atom is -0.456 e. The van der Waals surface area contributed by atoms with Gasteiger partial charge in [-0.2, -0.15) is 0 Å². The van der Waals surface area contributed by atoms with E-state index >= 15 is 0 Å². The highest BCUT2D eigenvalue weighted by Gasteiger charge is 2.23. The molecule has 0 atom stereocenters. The van der Waals surface area contributed by atoms with Gasteiger partial charge in [-0.15, -0.1) is 0 Å². The molecule has 0 saturated carbocycles. The van der Waals surface area contributed by atoms with Crippen molar-refractivity contribution in [1.29, 1.82) is 0 Å². The third-order valence-corrected chi connectivity index (χ3v) is 9.03. The lowest BCUT2D eigenvalue weighted by atomic mass is 9.97. The zero-order valence-electron chi connectivity index (χ0n) is 25.1. The van der Waals surface area contributed by atoms with Gasteiger partial charge in [0.05, 0.1) is 16.8 Å². The molecule has 0 amide bonds. The first-order valence-corrected chi connectivity index (χ1v) is 15.7. The van der Waals surface area contributed by atoms with Crippen LogP contribution in [0.4, 0.5) is 17.1 Å². The van der Waals surface area contributed by atoms with Gasteiger partial charge in [0.25, 0.3) is 0 Å². The van der Waals surface area contributed by atoms with E-state index in [9.17, 15) is 0 Å². The normalized spacial score (nSPS) is 11.5. The summed E-state index contributed by atoms with van der Waals surface area (Å²) >= 11 is 0. The van der Waals surface area contributed by atoms with Gasteiger partial charge in [0, 0.05) is 16.5 Å². The first-order chi connectivity index (χ1) is 22.8. The molecule has 2 heteroatoms. The smallest absolute Gasteiger partial charge is 0.138 e. The summed E-state index contributed by atoms with van der Waals surface area (Å²) in [6, 6.07) is 62.7. The highest BCUT2D eigenvalue weighted by atomic mass is 16.3. The van der Waals surface area contributed by atoms with Gasteiger partial charge >= 0.3 is 0 Å². The first kappa shape index (κ1) is 26.3. The van der Waals surface area contributed by atoms with Crippen LogP contribution in [0.5, 0.6) is 0 Å². The molecule has 9 aromatic rings. The Kier molecular flexibility index (Phi) is 6.17. The number of anilines is 3. The molecule has 9 rings (SSSR count). The summed E-state index contributed by atoms with van der Waals surface area (Å²) in [5.41, 5.74) is 9.67. The quantitative estimate of drug-likeness (QED) is 0.186. The topological polar surface area (TPSA) is 16.4 Å². The third kappa shape index (κ3) is 4.35. The van der Waals surface area contributed by atoms with Crippen LogP contribution in [0.25, 0.3) is 65.7 Å². The Morgan fingerprint density at radius 1 is 0.348 bits per heavy atom. The molecule has 0 spiro atoms. The summed E-state index contributed by atoms with van der Waals surface area (Å²) in [5, 5.41) is 7.07. The van der Waals surface area contributed by atoms with E-state index in [0.717, 1.165) is 50.1 Å². The Morgan fingerprint density at radius 2 is 0.913 bits per heavy atom. The Labute approximate surface area is 267 Å². The Hall–Kier alpha value is -6.12. The molecule has 8 aromatic carbocycles. The van der Waals surface area contributed by atoms with E-state index < -0.39 is 0 Å². The van der Waals surface area contributed by atoms with Gasteiger partial charge in [0.2, 0.25) is 0 Å². The van der Waals surface area contributed by atoms with Crippen molar-refractivity contribution in [2.75, 3.05) is 4.90 Å². The lowest BCUT2D eigenvalue weighted by Crippen LogP contribution is -2.11. The fourth-order valence-corrected chi connectivity index (χ4v) is 6.87. The second-order valence-corrected chi connectivity index (χ2v) is 11.7. The molecule has 0 N–H and O–H groups in total. The van der Waals surface area contributed by atoms with Gasteiger partial charge in [-0.05, 0) is 74.8 Å². The van der Waals surface area contributed by atoms with E-state index in [4.69, 9.17) is 4.42 Å². The molecule has 0 aliphatic carbocycles. The highest BCUT2D eigenvalue weighted by Crippen LogP contribution is 2.48. The molecule has 0 fully saturated rings. The Morgan fingerprint density at radius 3 is 1.65 bits per heavy atom. The summed E-state index contributed by atoms with van der Waals surface area (Å²) < 4.78 is 6.59. The van der Waals surface area contributed by atoms with E-state index in [2.05, 4.69) is 175 Å². The second-order valence-electron chi connectivity index (χ2n) is 11.7. The van der Waals surface area contributed by atoms with E-state index in [1.165, 1.54) is 32.7 Å². The second kappa shape index (κ2) is 10.8. The van der Waals surface area contributed by atoms with Crippen molar-refractivity contribution in [1.82, 2.24) is 0 Å². The molecule has 0 saturated heterocycles. The predicted octanol–water partition coefficient (Wildman–Crippen LogP) is 12.7. The minimum atomic E-state index is 0.869. The maximum atomic E-state index is 6.59. The molecule has 2 nitrogen and oxygen atoms in total. The minimum absolute atomic E-state index is 0.869. The number of hydrogen-bond acceptors (Lipinski definition) is 2. The Balaban J connectivity index is 1.39. The standard InChI is InChI=1S/C44H29NO/c1-3-13-30(14-4-1)32-23-25-35(26-24-32)45(40-27-33-17-7-8-18-36(33)37-19-9-10-20-38(37)40)41-28-34(31-15-5-2-6-16-31)29-43-44(41)39-21-11-12-22-42(39)46-43/h1-29H. The molecule has 1 heterocycles. The highest BCUT2D eigenvalue weighted by molar-refractivity contribution is 6.19. The van der Waals surface area contributed by atoms with Crippen LogP contribution >= 0.6 is 0 Å². The molecule has 0 aliphatic rings. The van der Waals surface area contributed by atoms with E-state index in [1.807, 2.05) is 6.07 Å². The number of fused-ring (bicyclic) bond motifs is 6. The fourth-order valence-electron chi connectivity index (χ4n) is 6.87. The van der Waals surface area contributed by atoms with Gasteiger partial charge in [-0.3, -0.25) is 0 Å².